The van der Waals surface area contributed by atoms with Crippen molar-refractivity contribution in [3.8, 4) is 0 Å². The molecule has 0 aromatic heterocycles. The van der Waals surface area contributed by atoms with E-state index in [0.717, 1.165) is 29.8 Å². The van der Waals surface area contributed by atoms with Crippen LogP contribution in [0.1, 0.15) is 68.9 Å². The average Bonchev–Trinajstić information content (AvgIpc) is 2.86. The molecule has 0 fully saturated rings. The van der Waals surface area contributed by atoms with Gasteiger partial charge in [0.15, 0.2) is 12.4 Å². The summed E-state index contributed by atoms with van der Waals surface area (Å²) in [4.78, 5) is 28.5. The lowest BCUT2D eigenvalue weighted by atomic mass is 9.99. The van der Waals surface area contributed by atoms with Crippen molar-refractivity contribution in [2.24, 2.45) is 10.1 Å². The molecule has 0 saturated heterocycles. The molecule has 1 atom stereocenters. The number of para-hydroxylation sites is 1. The molecular formula is C27H36N4O3. The van der Waals surface area contributed by atoms with Gasteiger partial charge in [-0.05, 0) is 55.2 Å². The predicted molar refractivity (Wildman–Crippen MR) is 139 cm³/mol. The number of aryl methyl sites for hydroxylation is 2. The largest absolute Gasteiger partial charge is 0.472 e. The van der Waals surface area contributed by atoms with Crippen molar-refractivity contribution >= 4 is 35.2 Å². The van der Waals surface area contributed by atoms with E-state index in [1.54, 1.807) is 19.1 Å². The summed E-state index contributed by atoms with van der Waals surface area (Å²) >= 11 is 0. The second kappa shape index (κ2) is 13.9. The number of hydrogen-bond donors (Lipinski definition) is 2. The molecule has 7 heteroatoms. The maximum absolute atomic E-state index is 12.5. The number of carbonyl (C=O) groups is 2. The van der Waals surface area contributed by atoms with Gasteiger partial charge < -0.3 is 10.1 Å². The molecule has 1 unspecified atom stereocenters. The summed E-state index contributed by atoms with van der Waals surface area (Å²) < 4.78 is 5.51. The van der Waals surface area contributed by atoms with Crippen LogP contribution in [0.3, 0.4) is 0 Å². The molecule has 1 amide bonds. The van der Waals surface area contributed by atoms with Crippen LogP contribution in [0.5, 0.6) is 0 Å². The highest BCUT2D eigenvalue weighted by Crippen LogP contribution is 2.24. The Morgan fingerprint density at radius 2 is 1.97 bits per heavy atom. The summed E-state index contributed by atoms with van der Waals surface area (Å²) in [5.41, 5.74) is 7.47. The van der Waals surface area contributed by atoms with Crippen LogP contribution in [-0.2, 0) is 22.4 Å². The third-order valence-electron chi connectivity index (χ3n) is 5.11. The molecule has 0 spiro atoms. The first-order valence-corrected chi connectivity index (χ1v) is 12.0. The highest BCUT2D eigenvalue weighted by Gasteiger charge is 2.17. The number of fused-ring (bicyclic) bond motifs is 1. The van der Waals surface area contributed by atoms with Crippen LogP contribution >= 0.6 is 0 Å². The third-order valence-corrected chi connectivity index (χ3v) is 5.11. The topological polar surface area (TPSA) is 92.2 Å². The number of hydrogen-bond acceptors (Lipinski definition) is 6. The Balaban J connectivity index is 0.00000199. The summed E-state index contributed by atoms with van der Waals surface area (Å²) in [7, 11) is 0. The van der Waals surface area contributed by atoms with Gasteiger partial charge in [0.1, 0.15) is 0 Å². The Labute approximate surface area is 202 Å². The van der Waals surface area contributed by atoms with Gasteiger partial charge >= 0.3 is 0 Å². The van der Waals surface area contributed by atoms with Crippen molar-refractivity contribution in [1.82, 2.24) is 5.43 Å². The number of aliphatic imine (C=N–C) groups is 1. The van der Waals surface area contributed by atoms with E-state index in [0.29, 0.717) is 24.3 Å². The van der Waals surface area contributed by atoms with Gasteiger partial charge in [-0.3, -0.25) is 20.0 Å². The normalized spacial score (nSPS) is 13.9. The molecule has 0 bridgehead atoms. The molecule has 7 nitrogen and oxygen atoms in total. The first-order chi connectivity index (χ1) is 16.5. The molecule has 0 radical (unpaired) electrons. The van der Waals surface area contributed by atoms with Gasteiger partial charge in [0.25, 0.3) is 0 Å². The first-order valence-electron chi connectivity index (χ1n) is 12.0. The molecular weight excluding hydrogens is 428 g/mol. The Hall–Kier alpha value is -3.48. The minimum Gasteiger partial charge on any atom is -0.472 e. The van der Waals surface area contributed by atoms with Gasteiger partial charge in [-0.1, -0.05) is 45.4 Å². The lowest BCUT2D eigenvalue weighted by molar-refractivity contribution is -0.116. The lowest BCUT2D eigenvalue weighted by Gasteiger charge is -2.17. The smallest absolute Gasteiger partial charge is 0.224 e. The van der Waals surface area contributed by atoms with E-state index in [-0.39, 0.29) is 24.3 Å². The van der Waals surface area contributed by atoms with Gasteiger partial charge in [0.2, 0.25) is 11.8 Å². The average molecular weight is 465 g/mol. The Kier molecular flexibility index (Phi) is 11.0. The van der Waals surface area contributed by atoms with Crippen molar-refractivity contribution in [1.29, 1.82) is 0 Å². The molecule has 2 aromatic rings. The summed E-state index contributed by atoms with van der Waals surface area (Å²) in [5, 5.41) is 7.01. The molecule has 0 saturated carbocycles. The fraction of sp³-hybridized carbons (Fsp3) is 0.407. The van der Waals surface area contributed by atoms with Crippen molar-refractivity contribution in [3.63, 3.8) is 0 Å². The number of ether oxygens (including phenoxy) is 1. The number of hydrazone groups is 1. The van der Waals surface area contributed by atoms with Crippen LogP contribution in [0.15, 0.2) is 52.6 Å². The van der Waals surface area contributed by atoms with Crippen LogP contribution in [0.2, 0.25) is 0 Å². The van der Waals surface area contributed by atoms with Crippen LogP contribution in [0.25, 0.3) is 0 Å². The van der Waals surface area contributed by atoms with Crippen molar-refractivity contribution in [3.05, 3.63) is 59.2 Å². The van der Waals surface area contributed by atoms with E-state index in [9.17, 15) is 9.59 Å². The summed E-state index contributed by atoms with van der Waals surface area (Å²) in [6.45, 7) is 9.69. The van der Waals surface area contributed by atoms with Crippen molar-refractivity contribution < 1.29 is 14.3 Å². The standard InChI is InChI=1S/C25H30N4O3.C2H6/c1-4-7-19-8-5-6-9-22(19)26-15-17(2)28-29-18(3)32-16-24(30)21-10-12-23-20(14-21)11-13-25(31)27-23;1-2/h5-6,8-10,12,14-15,17,28H,4,7,11,13,16H2,1-3H3,(H,27,31);1-2H3/b26-15?,29-18+;. The Morgan fingerprint density at radius 1 is 1.21 bits per heavy atom. The molecule has 2 N–H and O–H groups in total. The molecule has 0 aliphatic carbocycles. The third kappa shape index (κ3) is 8.14. The van der Waals surface area contributed by atoms with Crippen LogP contribution < -0.4 is 10.7 Å². The molecule has 1 heterocycles. The summed E-state index contributed by atoms with van der Waals surface area (Å²) in [6.07, 6.45) is 4.94. The van der Waals surface area contributed by atoms with Crippen molar-refractivity contribution in [2.45, 2.75) is 66.3 Å². The first kappa shape index (κ1) is 26.8. The highest BCUT2D eigenvalue weighted by atomic mass is 16.5. The van der Waals surface area contributed by atoms with Crippen LogP contribution in [0.4, 0.5) is 11.4 Å². The van der Waals surface area contributed by atoms with Crippen LogP contribution in [0, 0.1) is 0 Å². The number of rotatable bonds is 9. The summed E-state index contributed by atoms with van der Waals surface area (Å²) in [5.74, 6) is 0.236. The zero-order valence-corrected chi connectivity index (χ0v) is 20.9. The minimum absolute atomic E-state index is 0.00341. The summed E-state index contributed by atoms with van der Waals surface area (Å²) in [6, 6.07) is 13.3. The number of benzene rings is 2. The molecule has 2 aromatic carbocycles. The van der Waals surface area contributed by atoms with Gasteiger partial charge in [-0.25, -0.2) is 0 Å². The van der Waals surface area contributed by atoms with E-state index in [1.165, 1.54) is 5.56 Å². The van der Waals surface area contributed by atoms with Gasteiger partial charge in [0.05, 0.1) is 11.7 Å². The van der Waals surface area contributed by atoms with E-state index < -0.39 is 0 Å². The zero-order valence-electron chi connectivity index (χ0n) is 20.9. The fourth-order valence-electron chi connectivity index (χ4n) is 3.38. The number of Topliss-reactive ketones (excluding diaryl/α,β-unsaturated/α-hetero) is 1. The molecule has 3 rings (SSSR count). The number of nitrogens with one attached hydrogen (secondary N) is 2. The second-order valence-corrected chi connectivity index (χ2v) is 7.84. The number of anilines is 1. The van der Waals surface area contributed by atoms with Crippen LogP contribution in [-0.4, -0.2) is 36.5 Å². The number of carbonyl (C=O) groups excluding carboxylic acids is 2. The van der Waals surface area contributed by atoms with E-state index in [4.69, 9.17) is 4.74 Å². The Morgan fingerprint density at radius 3 is 2.74 bits per heavy atom. The molecule has 1 aliphatic heterocycles. The SMILES string of the molecule is CC.CCCc1ccccc1N=CC(C)N/N=C(\C)OCC(=O)c1ccc2c(c1)CCC(=O)N2. The van der Waals surface area contributed by atoms with Gasteiger partial charge in [-0.15, -0.1) is 5.10 Å². The molecule has 1 aliphatic rings. The second-order valence-electron chi connectivity index (χ2n) is 7.84. The van der Waals surface area contributed by atoms with E-state index in [1.807, 2.05) is 51.3 Å². The minimum atomic E-state index is -0.138. The molecule has 34 heavy (non-hydrogen) atoms. The number of ketones is 1. The number of amides is 1. The van der Waals surface area contributed by atoms with Gasteiger partial charge in [0, 0.05) is 30.8 Å². The fourth-order valence-corrected chi connectivity index (χ4v) is 3.38. The predicted octanol–water partition coefficient (Wildman–Crippen LogP) is 5.46. The monoisotopic (exact) mass is 464 g/mol. The zero-order chi connectivity index (χ0) is 24.9. The molecule has 182 valence electrons. The van der Waals surface area contributed by atoms with E-state index in [2.05, 4.69) is 33.8 Å². The highest BCUT2D eigenvalue weighted by molar-refractivity contribution is 6.00. The Bertz CT molecular complexity index is 1030. The number of nitrogens with zero attached hydrogens (tertiary/aromatic N) is 2. The van der Waals surface area contributed by atoms with E-state index >= 15 is 0 Å². The maximum Gasteiger partial charge on any atom is 0.224 e. The maximum atomic E-state index is 12.5. The van der Waals surface area contributed by atoms with Crippen molar-refractivity contribution in [2.75, 3.05) is 11.9 Å². The quantitative estimate of drug-likeness (QED) is 0.223. The lowest BCUT2D eigenvalue weighted by Crippen LogP contribution is -2.24. The van der Waals surface area contributed by atoms with Gasteiger partial charge in [-0.2, -0.15) is 0 Å².